The number of anilines is 1. The van der Waals surface area contributed by atoms with Gasteiger partial charge in [0.05, 0.1) is 10.6 Å². The molecular formula is C11H13F4NO3S. The predicted octanol–water partition coefficient (Wildman–Crippen LogP) is 2.15. The number of nitrogens with two attached hydrogens (primary N) is 1. The van der Waals surface area contributed by atoms with Gasteiger partial charge < -0.3 is 10.5 Å². The molecule has 0 atom stereocenters. The van der Waals surface area contributed by atoms with E-state index < -0.39 is 34.2 Å². The molecule has 0 saturated heterocycles. The first kappa shape index (κ1) is 16.7. The lowest BCUT2D eigenvalue weighted by atomic mass is 10.3. The van der Waals surface area contributed by atoms with Crippen LogP contribution in [-0.2, 0) is 14.6 Å². The number of alkyl halides is 3. The van der Waals surface area contributed by atoms with Crippen molar-refractivity contribution in [2.45, 2.75) is 17.5 Å². The van der Waals surface area contributed by atoms with E-state index in [9.17, 15) is 26.0 Å². The summed E-state index contributed by atoms with van der Waals surface area (Å²) in [5.74, 6) is -1.25. The number of rotatable bonds is 6. The molecule has 0 aliphatic carbocycles. The molecule has 0 aromatic heterocycles. The van der Waals surface area contributed by atoms with Gasteiger partial charge in [0, 0.05) is 12.3 Å². The van der Waals surface area contributed by atoms with Crippen LogP contribution < -0.4 is 5.73 Å². The normalized spacial score (nSPS) is 12.6. The summed E-state index contributed by atoms with van der Waals surface area (Å²) >= 11 is 0. The van der Waals surface area contributed by atoms with Crippen LogP contribution in [0.1, 0.15) is 6.42 Å². The average molecular weight is 315 g/mol. The summed E-state index contributed by atoms with van der Waals surface area (Å²) in [6.45, 7) is -1.79. The molecular weight excluding hydrogens is 302 g/mol. The van der Waals surface area contributed by atoms with Gasteiger partial charge >= 0.3 is 6.18 Å². The van der Waals surface area contributed by atoms with Crippen molar-refractivity contribution in [3.05, 3.63) is 24.0 Å². The summed E-state index contributed by atoms with van der Waals surface area (Å²) in [6, 6.07) is 2.86. The second-order valence-electron chi connectivity index (χ2n) is 4.06. The Kier molecular flexibility index (Phi) is 5.35. The molecule has 4 nitrogen and oxygen atoms in total. The van der Waals surface area contributed by atoms with Crippen LogP contribution in [0.25, 0.3) is 0 Å². The second kappa shape index (κ2) is 6.40. The Labute approximate surface area is 113 Å². The Hall–Kier alpha value is -1.35. The second-order valence-corrected chi connectivity index (χ2v) is 6.17. The highest BCUT2D eigenvalue weighted by Crippen LogP contribution is 2.18. The van der Waals surface area contributed by atoms with Crippen molar-refractivity contribution in [2.75, 3.05) is 24.7 Å². The quantitative estimate of drug-likeness (QED) is 0.496. The SMILES string of the molecule is Nc1cc(F)cc(S(=O)(=O)CCCOCC(F)(F)F)c1. The van der Waals surface area contributed by atoms with Gasteiger partial charge in [0.2, 0.25) is 0 Å². The standard InChI is InChI=1S/C11H13F4NO3S/c12-8-4-9(16)6-10(5-8)20(17,18)3-1-2-19-7-11(13,14)15/h4-6H,1-3,7,16H2. The molecule has 2 N–H and O–H groups in total. The Morgan fingerprint density at radius 3 is 2.40 bits per heavy atom. The molecule has 0 spiro atoms. The molecule has 0 amide bonds. The van der Waals surface area contributed by atoms with Crippen molar-refractivity contribution in [3.8, 4) is 0 Å². The first-order valence-corrected chi connectivity index (χ1v) is 7.19. The van der Waals surface area contributed by atoms with Gasteiger partial charge in [-0.15, -0.1) is 0 Å². The fourth-order valence-electron chi connectivity index (χ4n) is 1.42. The molecule has 0 aliphatic rings. The lowest BCUT2D eigenvalue weighted by molar-refractivity contribution is -0.173. The first-order valence-electron chi connectivity index (χ1n) is 5.53. The summed E-state index contributed by atoms with van der Waals surface area (Å²) < 4.78 is 76.2. The Bertz CT molecular complexity index is 537. The molecule has 1 rings (SSSR count). The summed E-state index contributed by atoms with van der Waals surface area (Å²) in [5, 5.41) is 0. The fourth-order valence-corrected chi connectivity index (χ4v) is 2.76. The zero-order chi connectivity index (χ0) is 15.4. The summed E-state index contributed by atoms with van der Waals surface area (Å²) in [6.07, 6.45) is -4.58. The molecule has 0 heterocycles. The van der Waals surface area contributed by atoms with Crippen LogP contribution in [-0.4, -0.2) is 33.6 Å². The molecule has 20 heavy (non-hydrogen) atoms. The lowest BCUT2D eigenvalue weighted by Gasteiger charge is -2.08. The Morgan fingerprint density at radius 2 is 1.85 bits per heavy atom. The van der Waals surface area contributed by atoms with Gasteiger partial charge in [-0.2, -0.15) is 13.2 Å². The molecule has 0 unspecified atom stereocenters. The number of sulfone groups is 1. The molecule has 1 aromatic rings. The van der Waals surface area contributed by atoms with Crippen molar-refractivity contribution in [1.82, 2.24) is 0 Å². The Balaban J connectivity index is 2.54. The predicted molar refractivity (Wildman–Crippen MR) is 64.4 cm³/mol. The number of halogens is 4. The number of benzene rings is 1. The maximum Gasteiger partial charge on any atom is 0.411 e. The van der Waals surface area contributed by atoms with Crippen molar-refractivity contribution in [3.63, 3.8) is 0 Å². The van der Waals surface area contributed by atoms with Gasteiger partial charge in [0.25, 0.3) is 0 Å². The van der Waals surface area contributed by atoms with Gasteiger partial charge in [0.1, 0.15) is 12.4 Å². The molecule has 0 aliphatic heterocycles. The minimum Gasteiger partial charge on any atom is -0.399 e. The van der Waals surface area contributed by atoms with Crippen LogP contribution in [0, 0.1) is 5.82 Å². The summed E-state index contributed by atoms with van der Waals surface area (Å²) in [5.41, 5.74) is 5.28. The van der Waals surface area contributed by atoms with Gasteiger partial charge in [0.15, 0.2) is 9.84 Å². The van der Waals surface area contributed by atoms with E-state index in [-0.39, 0.29) is 23.6 Å². The van der Waals surface area contributed by atoms with Crippen LogP contribution in [0.4, 0.5) is 23.2 Å². The molecule has 0 bridgehead atoms. The zero-order valence-corrected chi connectivity index (χ0v) is 11.1. The summed E-state index contributed by atoms with van der Waals surface area (Å²) in [4.78, 5) is -0.300. The van der Waals surface area contributed by atoms with E-state index in [1.165, 1.54) is 0 Å². The Morgan fingerprint density at radius 1 is 1.20 bits per heavy atom. The molecule has 114 valence electrons. The largest absolute Gasteiger partial charge is 0.411 e. The third kappa shape index (κ3) is 5.74. The van der Waals surface area contributed by atoms with E-state index in [1.807, 2.05) is 0 Å². The maximum absolute atomic E-state index is 13.0. The highest BCUT2D eigenvalue weighted by atomic mass is 32.2. The van der Waals surface area contributed by atoms with E-state index in [4.69, 9.17) is 5.73 Å². The van der Waals surface area contributed by atoms with E-state index in [0.29, 0.717) is 0 Å². The molecule has 0 radical (unpaired) electrons. The smallest absolute Gasteiger partial charge is 0.399 e. The minimum absolute atomic E-state index is 0.0445. The minimum atomic E-state index is -4.45. The molecule has 9 heteroatoms. The van der Waals surface area contributed by atoms with E-state index in [0.717, 1.165) is 18.2 Å². The van der Waals surface area contributed by atoms with Gasteiger partial charge in [-0.05, 0) is 24.6 Å². The lowest BCUT2D eigenvalue weighted by Crippen LogP contribution is -2.18. The molecule has 1 aromatic carbocycles. The van der Waals surface area contributed by atoms with Crippen molar-refractivity contribution < 1.29 is 30.7 Å². The van der Waals surface area contributed by atoms with Gasteiger partial charge in [-0.25, -0.2) is 12.8 Å². The fraction of sp³-hybridized carbons (Fsp3) is 0.455. The van der Waals surface area contributed by atoms with Crippen LogP contribution >= 0.6 is 0 Å². The van der Waals surface area contributed by atoms with Crippen LogP contribution in [0.5, 0.6) is 0 Å². The number of hydrogen-bond acceptors (Lipinski definition) is 4. The van der Waals surface area contributed by atoms with E-state index in [2.05, 4.69) is 4.74 Å². The number of nitrogen functional groups attached to an aromatic ring is 1. The van der Waals surface area contributed by atoms with Crippen LogP contribution in [0.15, 0.2) is 23.1 Å². The molecule has 0 fully saturated rings. The highest BCUT2D eigenvalue weighted by molar-refractivity contribution is 7.91. The first-order chi connectivity index (χ1) is 9.10. The van der Waals surface area contributed by atoms with E-state index >= 15 is 0 Å². The zero-order valence-electron chi connectivity index (χ0n) is 10.3. The molecule has 0 saturated carbocycles. The van der Waals surface area contributed by atoms with Crippen molar-refractivity contribution >= 4 is 15.5 Å². The monoisotopic (exact) mass is 315 g/mol. The topological polar surface area (TPSA) is 69.4 Å². The third-order valence-electron chi connectivity index (χ3n) is 2.22. The highest BCUT2D eigenvalue weighted by Gasteiger charge is 2.27. The number of hydrogen-bond donors (Lipinski definition) is 1. The number of ether oxygens (including phenoxy) is 1. The average Bonchev–Trinajstić information content (AvgIpc) is 2.25. The summed E-state index contributed by atoms with van der Waals surface area (Å²) in [7, 11) is -3.80. The van der Waals surface area contributed by atoms with Crippen LogP contribution in [0.2, 0.25) is 0 Å². The van der Waals surface area contributed by atoms with Crippen molar-refractivity contribution in [2.24, 2.45) is 0 Å². The van der Waals surface area contributed by atoms with Crippen molar-refractivity contribution in [1.29, 1.82) is 0 Å². The third-order valence-corrected chi connectivity index (χ3v) is 4.00. The van der Waals surface area contributed by atoms with E-state index in [1.54, 1.807) is 0 Å². The van der Waals surface area contributed by atoms with Gasteiger partial charge in [-0.3, -0.25) is 0 Å². The van der Waals surface area contributed by atoms with Crippen LogP contribution in [0.3, 0.4) is 0 Å². The van der Waals surface area contributed by atoms with Gasteiger partial charge in [-0.1, -0.05) is 0 Å². The maximum atomic E-state index is 13.0.